The highest BCUT2D eigenvalue weighted by atomic mass is 35.5. The smallest absolute Gasteiger partial charge is 0.220 e. The minimum absolute atomic E-state index is 0.0784. The van der Waals surface area contributed by atoms with E-state index in [-0.39, 0.29) is 17.3 Å². The molecule has 0 saturated carbocycles. The van der Waals surface area contributed by atoms with E-state index >= 15 is 0 Å². The maximum absolute atomic E-state index is 14.1. The minimum Gasteiger partial charge on any atom is -0.373 e. The van der Waals surface area contributed by atoms with Crippen molar-refractivity contribution < 1.29 is 14.3 Å². The molecular formula is C21H18ClFN2O2S. The van der Waals surface area contributed by atoms with Crippen molar-refractivity contribution in [1.82, 2.24) is 10.2 Å². The van der Waals surface area contributed by atoms with Crippen LogP contribution in [0.3, 0.4) is 0 Å². The summed E-state index contributed by atoms with van der Waals surface area (Å²) in [7, 11) is 0. The van der Waals surface area contributed by atoms with Gasteiger partial charge < -0.3 is 10.4 Å². The molecule has 2 aromatic carbocycles. The fraction of sp³-hybridized carbons (Fsp3) is 0.286. The number of benzene rings is 2. The summed E-state index contributed by atoms with van der Waals surface area (Å²) in [6.07, 6.45) is 0.540. The van der Waals surface area contributed by atoms with Crippen molar-refractivity contribution in [3.05, 3.63) is 58.2 Å². The second kappa shape index (κ2) is 6.52. The van der Waals surface area contributed by atoms with Gasteiger partial charge in [-0.1, -0.05) is 41.9 Å². The summed E-state index contributed by atoms with van der Waals surface area (Å²) in [5, 5.41) is 15.2. The Balaban J connectivity index is 1.43. The summed E-state index contributed by atoms with van der Waals surface area (Å²) in [4.78, 5) is 14.1. The zero-order chi connectivity index (χ0) is 19.5. The number of rotatable bonds is 3. The summed E-state index contributed by atoms with van der Waals surface area (Å²) in [5.41, 5.74) is 1.12. The Hall–Kier alpha value is -1.99. The first-order valence-corrected chi connectivity index (χ1v) is 10.4. The molecule has 0 bridgehead atoms. The molecule has 5 rings (SSSR count). The number of thiophene rings is 1. The van der Waals surface area contributed by atoms with Gasteiger partial charge in [0, 0.05) is 35.2 Å². The van der Waals surface area contributed by atoms with Gasteiger partial charge in [0.05, 0.1) is 15.4 Å². The molecule has 2 N–H and O–H groups in total. The molecule has 1 spiro atoms. The zero-order valence-corrected chi connectivity index (χ0v) is 16.5. The highest BCUT2D eigenvalue weighted by Gasteiger charge is 2.50. The molecule has 3 heterocycles. The van der Waals surface area contributed by atoms with Gasteiger partial charge in [0.2, 0.25) is 5.91 Å². The fourth-order valence-corrected chi connectivity index (χ4v) is 5.78. The van der Waals surface area contributed by atoms with Crippen LogP contribution in [0.4, 0.5) is 4.39 Å². The number of hydrogen-bond acceptors (Lipinski definition) is 4. The second-order valence-corrected chi connectivity index (χ2v) is 9.04. The molecule has 0 radical (unpaired) electrons. The molecule has 144 valence electrons. The van der Waals surface area contributed by atoms with Crippen molar-refractivity contribution >= 4 is 38.9 Å². The number of aliphatic hydroxyl groups excluding tert-OH is 1. The average molecular weight is 417 g/mol. The van der Waals surface area contributed by atoms with Crippen LogP contribution in [0.5, 0.6) is 0 Å². The minimum atomic E-state index is -0.815. The molecule has 1 aromatic heterocycles. The van der Waals surface area contributed by atoms with Crippen molar-refractivity contribution in [1.29, 1.82) is 0 Å². The van der Waals surface area contributed by atoms with E-state index in [0.29, 0.717) is 35.0 Å². The van der Waals surface area contributed by atoms with Crippen LogP contribution in [0.25, 0.3) is 21.2 Å². The summed E-state index contributed by atoms with van der Waals surface area (Å²) in [6.45, 7) is 1.23. The molecular weight excluding hydrogens is 399 g/mol. The van der Waals surface area contributed by atoms with Crippen LogP contribution in [-0.4, -0.2) is 34.5 Å². The SMILES string of the molecule is O=C1CCC2(CN(C(O)c3sc4cc(-c5ccccc5F)ccc4c3Cl)C2)N1. The lowest BCUT2D eigenvalue weighted by molar-refractivity contribution is -0.123. The van der Waals surface area contributed by atoms with Gasteiger partial charge in [0.1, 0.15) is 12.0 Å². The Morgan fingerprint density at radius 1 is 1.25 bits per heavy atom. The van der Waals surface area contributed by atoms with Gasteiger partial charge in [-0.15, -0.1) is 11.3 Å². The highest BCUT2D eigenvalue weighted by Crippen LogP contribution is 2.44. The first-order valence-electron chi connectivity index (χ1n) is 9.16. The standard InChI is InChI=1S/C21H18ClFN2O2S/c22-18-14-6-5-12(13-3-1-2-4-15(13)23)9-16(14)28-19(18)20(27)25-10-21(11-25)8-7-17(26)24-21/h1-6,9,20,27H,7-8,10-11H2,(H,24,26). The number of likely N-dealkylation sites (tertiary alicyclic amines) is 1. The monoisotopic (exact) mass is 416 g/mol. The summed E-state index contributed by atoms with van der Waals surface area (Å²) < 4.78 is 15.0. The molecule has 7 heteroatoms. The third-order valence-electron chi connectivity index (χ3n) is 5.67. The predicted molar refractivity (Wildman–Crippen MR) is 109 cm³/mol. The van der Waals surface area contributed by atoms with Crippen molar-refractivity contribution in [2.75, 3.05) is 13.1 Å². The Morgan fingerprint density at radius 3 is 2.75 bits per heavy atom. The topological polar surface area (TPSA) is 52.6 Å². The first-order chi connectivity index (χ1) is 13.5. The predicted octanol–water partition coefficient (Wildman–Crippen LogP) is 4.32. The van der Waals surface area contributed by atoms with Gasteiger partial charge in [-0.3, -0.25) is 9.69 Å². The third-order valence-corrected chi connectivity index (χ3v) is 7.38. The van der Waals surface area contributed by atoms with Crippen LogP contribution >= 0.6 is 22.9 Å². The van der Waals surface area contributed by atoms with E-state index < -0.39 is 6.23 Å². The molecule has 0 aliphatic carbocycles. The van der Waals surface area contributed by atoms with Gasteiger partial charge in [0.25, 0.3) is 0 Å². The largest absolute Gasteiger partial charge is 0.373 e. The van der Waals surface area contributed by atoms with Gasteiger partial charge in [-0.2, -0.15) is 0 Å². The van der Waals surface area contributed by atoms with Crippen molar-refractivity contribution in [3.63, 3.8) is 0 Å². The Morgan fingerprint density at radius 2 is 2.04 bits per heavy atom. The van der Waals surface area contributed by atoms with Crippen LogP contribution in [0.15, 0.2) is 42.5 Å². The molecule has 2 saturated heterocycles. The first kappa shape index (κ1) is 18.1. The number of amides is 1. The number of halogens is 2. The van der Waals surface area contributed by atoms with E-state index in [0.717, 1.165) is 22.1 Å². The molecule has 1 amide bonds. The molecule has 1 unspecified atom stereocenters. The van der Waals surface area contributed by atoms with E-state index in [1.54, 1.807) is 18.2 Å². The highest BCUT2D eigenvalue weighted by molar-refractivity contribution is 7.19. The van der Waals surface area contributed by atoms with Crippen LogP contribution in [0.1, 0.15) is 23.9 Å². The van der Waals surface area contributed by atoms with Crippen molar-refractivity contribution in [2.24, 2.45) is 0 Å². The zero-order valence-electron chi connectivity index (χ0n) is 14.9. The van der Waals surface area contributed by atoms with Crippen molar-refractivity contribution in [2.45, 2.75) is 24.6 Å². The van der Waals surface area contributed by atoms with Gasteiger partial charge in [-0.25, -0.2) is 4.39 Å². The van der Waals surface area contributed by atoms with Gasteiger partial charge in [0.15, 0.2) is 0 Å². The Bertz CT molecular complexity index is 1090. The number of hydrogen-bond donors (Lipinski definition) is 2. The van der Waals surface area contributed by atoms with Crippen molar-refractivity contribution in [3.8, 4) is 11.1 Å². The Kier molecular flexibility index (Phi) is 4.21. The van der Waals surface area contributed by atoms with Crippen LogP contribution in [0.2, 0.25) is 5.02 Å². The maximum atomic E-state index is 14.1. The number of aliphatic hydroxyl groups is 1. The number of carbonyl (C=O) groups excluding carboxylic acids is 1. The lowest BCUT2D eigenvalue weighted by atomic mass is 9.88. The average Bonchev–Trinajstić information content (AvgIpc) is 3.21. The number of nitrogens with zero attached hydrogens (tertiary/aromatic N) is 1. The fourth-order valence-electron chi connectivity index (χ4n) is 4.19. The molecule has 2 aliphatic heterocycles. The number of nitrogens with one attached hydrogen (secondary N) is 1. The molecule has 2 fully saturated rings. The van der Waals surface area contributed by atoms with Crippen LogP contribution < -0.4 is 5.32 Å². The molecule has 2 aliphatic rings. The quantitative estimate of drug-likeness (QED) is 0.668. The van der Waals surface area contributed by atoms with Gasteiger partial charge >= 0.3 is 0 Å². The molecule has 1 atom stereocenters. The van der Waals surface area contributed by atoms with Crippen LogP contribution in [-0.2, 0) is 4.79 Å². The maximum Gasteiger partial charge on any atom is 0.220 e. The molecule has 28 heavy (non-hydrogen) atoms. The lowest BCUT2D eigenvalue weighted by Crippen LogP contribution is -2.67. The summed E-state index contributed by atoms with van der Waals surface area (Å²) >= 11 is 7.98. The molecule has 4 nitrogen and oxygen atoms in total. The van der Waals surface area contributed by atoms with E-state index in [4.69, 9.17) is 11.6 Å². The number of fused-ring (bicyclic) bond motifs is 1. The normalized spacial score (nSPS) is 19.8. The van der Waals surface area contributed by atoms with E-state index in [1.807, 2.05) is 23.1 Å². The third kappa shape index (κ3) is 2.83. The van der Waals surface area contributed by atoms with E-state index in [9.17, 15) is 14.3 Å². The Labute approximate surface area is 170 Å². The lowest BCUT2D eigenvalue weighted by Gasteiger charge is -2.49. The van der Waals surface area contributed by atoms with Gasteiger partial charge in [-0.05, 0) is 24.1 Å². The van der Waals surface area contributed by atoms with E-state index in [2.05, 4.69) is 5.32 Å². The van der Waals surface area contributed by atoms with Crippen LogP contribution in [0, 0.1) is 5.82 Å². The second-order valence-electron chi connectivity index (χ2n) is 7.58. The molecule has 3 aromatic rings. The summed E-state index contributed by atoms with van der Waals surface area (Å²) in [6, 6.07) is 12.3. The number of carbonyl (C=O) groups is 1. The van der Waals surface area contributed by atoms with E-state index in [1.165, 1.54) is 17.4 Å². The summed E-state index contributed by atoms with van der Waals surface area (Å²) in [5.74, 6) is -0.191.